The van der Waals surface area contributed by atoms with E-state index in [2.05, 4.69) is 5.32 Å². The maximum atomic E-state index is 12.8. The van der Waals surface area contributed by atoms with E-state index in [-0.39, 0.29) is 11.8 Å². The van der Waals surface area contributed by atoms with Crippen molar-refractivity contribution in [1.29, 1.82) is 0 Å². The molecule has 1 N–H and O–H groups in total. The van der Waals surface area contributed by atoms with Crippen LogP contribution in [-0.2, 0) is 4.79 Å². The number of thiophene rings is 1. The predicted molar refractivity (Wildman–Crippen MR) is 117 cm³/mol. The molecule has 0 aliphatic carbocycles. The summed E-state index contributed by atoms with van der Waals surface area (Å²) < 4.78 is 11.2. The smallest absolute Gasteiger partial charge is 0.265 e. The zero-order valence-corrected chi connectivity index (χ0v) is 17.0. The van der Waals surface area contributed by atoms with E-state index in [0.717, 1.165) is 40.6 Å². The van der Waals surface area contributed by atoms with Gasteiger partial charge in [0.05, 0.1) is 4.88 Å². The number of nitrogens with zero attached hydrogens (tertiary/aromatic N) is 1. The lowest BCUT2D eigenvalue weighted by Crippen LogP contribution is -2.23. The van der Waals surface area contributed by atoms with Gasteiger partial charge in [-0.05, 0) is 60.5 Å². The maximum Gasteiger partial charge on any atom is 0.265 e. The molecule has 2 aliphatic heterocycles. The SMILES string of the molecule is O=C(Nc1cccc(N2CCCC2=O)c1)c1ccc(-c2ccc3c(c2)OCCO3)s1. The average Bonchev–Trinajstić information content (AvgIpc) is 3.43. The molecular weight excluding hydrogens is 400 g/mol. The molecule has 7 heteroatoms. The number of anilines is 2. The molecule has 6 nitrogen and oxygen atoms in total. The average molecular weight is 420 g/mol. The molecule has 0 spiro atoms. The van der Waals surface area contributed by atoms with E-state index in [1.165, 1.54) is 11.3 Å². The van der Waals surface area contributed by atoms with E-state index < -0.39 is 0 Å². The lowest BCUT2D eigenvalue weighted by Gasteiger charge is -2.18. The van der Waals surface area contributed by atoms with Crippen molar-refractivity contribution >= 4 is 34.5 Å². The van der Waals surface area contributed by atoms with Crippen LogP contribution in [0.5, 0.6) is 11.5 Å². The van der Waals surface area contributed by atoms with Crippen LogP contribution < -0.4 is 19.7 Å². The Morgan fingerprint density at radius 3 is 2.70 bits per heavy atom. The van der Waals surface area contributed by atoms with Crippen LogP contribution in [-0.4, -0.2) is 31.6 Å². The zero-order valence-electron chi connectivity index (χ0n) is 16.2. The minimum Gasteiger partial charge on any atom is -0.486 e. The van der Waals surface area contributed by atoms with Crippen LogP contribution >= 0.6 is 11.3 Å². The number of benzene rings is 2. The van der Waals surface area contributed by atoms with Crippen molar-refractivity contribution < 1.29 is 19.1 Å². The minimum absolute atomic E-state index is 0.126. The molecule has 0 radical (unpaired) electrons. The van der Waals surface area contributed by atoms with Gasteiger partial charge in [0.2, 0.25) is 5.91 Å². The highest BCUT2D eigenvalue weighted by Crippen LogP contribution is 2.37. The van der Waals surface area contributed by atoms with Crippen molar-refractivity contribution in [1.82, 2.24) is 0 Å². The highest BCUT2D eigenvalue weighted by atomic mass is 32.1. The van der Waals surface area contributed by atoms with Gasteiger partial charge in [0.15, 0.2) is 11.5 Å². The predicted octanol–water partition coefficient (Wildman–Crippen LogP) is 4.57. The highest BCUT2D eigenvalue weighted by Gasteiger charge is 2.22. The van der Waals surface area contributed by atoms with Gasteiger partial charge in [0.1, 0.15) is 13.2 Å². The van der Waals surface area contributed by atoms with E-state index in [1.54, 1.807) is 4.90 Å². The fourth-order valence-electron chi connectivity index (χ4n) is 3.68. The Hall–Kier alpha value is -3.32. The standard InChI is InChI=1S/C23H20N2O4S/c26-22-5-2-10-25(22)17-4-1-3-16(14-17)24-23(27)21-9-8-20(30-21)15-6-7-18-19(13-15)29-12-11-28-18/h1,3-4,6-9,13-14H,2,5,10-12H2,(H,24,27). The monoisotopic (exact) mass is 420 g/mol. The van der Waals surface area contributed by atoms with E-state index >= 15 is 0 Å². The first-order valence-electron chi connectivity index (χ1n) is 9.89. The highest BCUT2D eigenvalue weighted by molar-refractivity contribution is 7.17. The number of carbonyl (C=O) groups is 2. The van der Waals surface area contributed by atoms with Crippen LogP contribution in [0.3, 0.4) is 0 Å². The third-order valence-electron chi connectivity index (χ3n) is 5.15. The van der Waals surface area contributed by atoms with E-state index in [1.807, 2.05) is 54.6 Å². The number of carbonyl (C=O) groups excluding carboxylic acids is 2. The summed E-state index contributed by atoms with van der Waals surface area (Å²) >= 11 is 1.42. The molecule has 2 aromatic carbocycles. The molecule has 3 aromatic rings. The summed E-state index contributed by atoms with van der Waals surface area (Å²) in [6, 6.07) is 17.0. The second kappa shape index (κ2) is 7.84. The Labute approximate surface area is 178 Å². The molecule has 0 unspecified atom stereocenters. The van der Waals surface area contributed by atoms with Crippen molar-refractivity contribution in [2.75, 3.05) is 30.0 Å². The van der Waals surface area contributed by atoms with Crippen LogP contribution in [0, 0.1) is 0 Å². The Kier molecular flexibility index (Phi) is 4.88. The van der Waals surface area contributed by atoms with Gasteiger partial charge in [0, 0.05) is 29.2 Å². The van der Waals surface area contributed by atoms with Gasteiger partial charge >= 0.3 is 0 Å². The van der Waals surface area contributed by atoms with Crippen molar-refractivity contribution in [3.63, 3.8) is 0 Å². The van der Waals surface area contributed by atoms with Gasteiger partial charge in [-0.25, -0.2) is 0 Å². The Morgan fingerprint density at radius 2 is 1.87 bits per heavy atom. The molecule has 5 rings (SSSR count). The van der Waals surface area contributed by atoms with Gasteiger partial charge in [0.25, 0.3) is 5.91 Å². The zero-order chi connectivity index (χ0) is 20.5. The molecule has 1 fully saturated rings. The second-order valence-corrected chi connectivity index (χ2v) is 8.26. The Bertz CT molecular complexity index is 1120. The van der Waals surface area contributed by atoms with Gasteiger partial charge in [-0.3, -0.25) is 9.59 Å². The Morgan fingerprint density at radius 1 is 1.00 bits per heavy atom. The van der Waals surface area contributed by atoms with E-state index in [9.17, 15) is 9.59 Å². The Balaban J connectivity index is 1.32. The van der Waals surface area contributed by atoms with E-state index in [0.29, 0.717) is 30.2 Å². The third-order valence-corrected chi connectivity index (χ3v) is 6.28. The summed E-state index contributed by atoms with van der Waals surface area (Å²) in [5.41, 5.74) is 2.47. The first-order chi connectivity index (χ1) is 14.7. The number of rotatable bonds is 4. The fourth-order valence-corrected chi connectivity index (χ4v) is 4.57. The third kappa shape index (κ3) is 3.64. The molecule has 0 atom stereocenters. The molecule has 1 aromatic heterocycles. The second-order valence-electron chi connectivity index (χ2n) is 7.18. The summed E-state index contributed by atoms with van der Waals surface area (Å²) in [7, 11) is 0. The molecule has 0 saturated carbocycles. The molecule has 152 valence electrons. The summed E-state index contributed by atoms with van der Waals surface area (Å²) in [6.45, 7) is 1.82. The van der Waals surface area contributed by atoms with Crippen LogP contribution in [0.15, 0.2) is 54.6 Å². The van der Waals surface area contributed by atoms with E-state index in [4.69, 9.17) is 9.47 Å². The molecular formula is C23H20N2O4S. The van der Waals surface area contributed by atoms with Crippen LogP contribution in [0.1, 0.15) is 22.5 Å². The number of ether oxygens (including phenoxy) is 2. The lowest BCUT2D eigenvalue weighted by atomic mass is 10.1. The normalized spacial score (nSPS) is 15.3. The number of hydrogen-bond donors (Lipinski definition) is 1. The van der Waals surface area contributed by atoms with Crippen LogP contribution in [0.25, 0.3) is 10.4 Å². The number of amides is 2. The minimum atomic E-state index is -0.173. The number of fused-ring (bicyclic) bond motifs is 1. The van der Waals surface area contributed by atoms with Gasteiger partial charge in [-0.15, -0.1) is 11.3 Å². The topological polar surface area (TPSA) is 67.9 Å². The fraction of sp³-hybridized carbons (Fsp3) is 0.217. The van der Waals surface area contributed by atoms with Crippen molar-refractivity contribution in [2.45, 2.75) is 12.8 Å². The summed E-state index contributed by atoms with van der Waals surface area (Å²) in [6.07, 6.45) is 1.45. The first-order valence-corrected chi connectivity index (χ1v) is 10.7. The molecule has 30 heavy (non-hydrogen) atoms. The molecule has 2 amide bonds. The van der Waals surface area contributed by atoms with Crippen LogP contribution in [0.4, 0.5) is 11.4 Å². The molecule has 1 saturated heterocycles. The molecule has 2 aliphatic rings. The van der Waals surface area contributed by atoms with Gasteiger partial charge in [-0.1, -0.05) is 6.07 Å². The van der Waals surface area contributed by atoms with Crippen molar-refractivity contribution in [3.05, 3.63) is 59.5 Å². The van der Waals surface area contributed by atoms with Gasteiger partial charge in [-0.2, -0.15) is 0 Å². The largest absolute Gasteiger partial charge is 0.486 e. The number of hydrogen-bond acceptors (Lipinski definition) is 5. The van der Waals surface area contributed by atoms with Crippen molar-refractivity contribution in [2.24, 2.45) is 0 Å². The summed E-state index contributed by atoms with van der Waals surface area (Å²) in [5, 5.41) is 2.94. The van der Waals surface area contributed by atoms with Crippen LogP contribution in [0.2, 0.25) is 0 Å². The number of nitrogens with one attached hydrogen (secondary N) is 1. The summed E-state index contributed by atoms with van der Waals surface area (Å²) in [5.74, 6) is 1.43. The summed E-state index contributed by atoms with van der Waals surface area (Å²) in [4.78, 5) is 28.1. The molecule has 0 bridgehead atoms. The van der Waals surface area contributed by atoms with Crippen molar-refractivity contribution in [3.8, 4) is 21.9 Å². The quantitative estimate of drug-likeness (QED) is 0.672. The molecule has 3 heterocycles. The lowest BCUT2D eigenvalue weighted by molar-refractivity contribution is -0.117. The first kappa shape index (κ1) is 18.7. The van der Waals surface area contributed by atoms with Gasteiger partial charge < -0.3 is 19.7 Å². The maximum absolute atomic E-state index is 12.8.